The van der Waals surface area contributed by atoms with Crippen molar-refractivity contribution in [1.82, 2.24) is 9.47 Å². The summed E-state index contributed by atoms with van der Waals surface area (Å²) in [6.45, 7) is 7.09. The molecule has 4 nitrogen and oxygen atoms in total. The summed E-state index contributed by atoms with van der Waals surface area (Å²) in [5.41, 5.74) is 4.78. The molecule has 27 heavy (non-hydrogen) atoms. The Balaban J connectivity index is 1.61. The third kappa shape index (κ3) is 3.25. The lowest BCUT2D eigenvalue weighted by Gasteiger charge is -2.22. The van der Waals surface area contributed by atoms with E-state index in [0.717, 1.165) is 47.6 Å². The summed E-state index contributed by atoms with van der Waals surface area (Å²) < 4.78 is 2.25. The van der Waals surface area contributed by atoms with Gasteiger partial charge >= 0.3 is 0 Å². The van der Waals surface area contributed by atoms with Gasteiger partial charge in [0.25, 0.3) is 5.24 Å². The first-order chi connectivity index (χ1) is 13.0. The van der Waals surface area contributed by atoms with Crippen molar-refractivity contribution in [3.63, 3.8) is 0 Å². The van der Waals surface area contributed by atoms with Crippen LogP contribution in [0.25, 0.3) is 10.9 Å². The lowest BCUT2D eigenvalue weighted by Crippen LogP contribution is -2.24. The minimum Gasteiger partial charge on any atom is -0.343 e. The monoisotopic (exact) mass is 380 g/mol. The van der Waals surface area contributed by atoms with E-state index in [-0.39, 0.29) is 11.1 Å². The normalized spacial score (nSPS) is 23.2. The number of hydrogen-bond acceptors (Lipinski definition) is 3. The molecule has 1 aromatic heterocycles. The number of amides is 2. The van der Waals surface area contributed by atoms with Gasteiger partial charge in [-0.3, -0.25) is 14.5 Å². The second kappa shape index (κ2) is 7.04. The molecule has 2 aliphatic rings. The first-order valence-corrected chi connectivity index (χ1v) is 10.2. The molecule has 4 rings (SSSR count). The van der Waals surface area contributed by atoms with Gasteiger partial charge in [-0.1, -0.05) is 35.9 Å². The summed E-state index contributed by atoms with van der Waals surface area (Å²) in [7, 11) is 1.55. The van der Waals surface area contributed by atoms with Gasteiger partial charge in [-0.15, -0.1) is 0 Å². The Morgan fingerprint density at radius 1 is 1.30 bits per heavy atom. The maximum absolute atomic E-state index is 12.4. The van der Waals surface area contributed by atoms with Gasteiger partial charge in [0.2, 0.25) is 5.91 Å². The van der Waals surface area contributed by atoms with Gasteiger partial charge in [0, 0.05) is 30.7 Å². The van der Waals surface area contributed by atoms with E-state index in [1.807, 2.05) is 12.1 Å². The molecule has 1 aromatic carbocycles. The lowest BCUT2D eigenvalue weighted by atomic mass is 9.85. The largest absolute Gasteiger partial charge is 0.343 e. The number of allylic oxidation sites excluding steroid dienone is 3. The van der Waals surface area contributed by atoms with E-state index in [0.29, 0.717) is 5.92 Å². The van der Waals surface area contributed by atoms with Crippen LogP contribution >= 0.6 is 11.8 Å². The number of carbonyl (C=O) groups is 2. The van der Waals surface area contributed by atoms with Crippen molar-refractivity contribution < 1.29 is 9.59 Å². The highest BCUT2D eigenvalue weighted by atomic mass is 32.2. The highest BCUT2D eigenvalue weighted by Gasteiger charge is 2.39. The fourth-order valence-electron chi connectivity index (χ4n) is 4.00. The van der Waals surface area contributed by atoms with Crippen LogP contribution in [0.2, 0.25) is 0 Å². The van der Waals surface area contributed by atoms with E-state index >= 15 is 0 Å². The Kier molecular flexibility index (Phi) is 4.72. The summed E-state index contributed by atoms with van der Waals surface area (Å²) in [5, 5.41) is 0.441. The molecule has 0 radical (unpaired) electrons. The maximum Gasteiger partial charge on any atom is 0.289 e. The number of likely N-dealkylation sites (N-methyl/N-ethyl adjacent to an activating group) is 1. The van der Waals surface area contributed by atoms with E-state index in [4.69, 9.17) is 0 Å². The number of benzene rings is 1. The Morgan fingerprint density at radius 2 is 2.11 bits per heavy atom. The number of fused-ring (bicyclic) bond motifs is 1. The zero-order chi connectivity index (χ0) is 19.1. The van der Waals surface area contributed by atoms with Crippen LogP contribution in [0.4, 0.5) is 4.79 Å². The smallest absolute Gasteiger partial charge is 0.289 e. The highest BCUT2D eigenvalue weighted by molar-refractivity contribution is 8.15. The summed E-state index contributed by atoms with van der Waals surface area (Å²) in [5.74, 6) is 0.479. The molecule has 140 valence electrons. The quantitative estimate of drug-likeness (QED) is 0.675. The standard InChI is InChI=1S/C22H24N2O2S/c1-14(2)16-9-7-15(8-10-16)13-24-12-11-17-18(5-4-6-19(17)24)20-21(25)23(3)22(26)27-20/h4-7,11-12,16,20H,1,8-10,13H2,2-3H3/t16-,20?/m1/s1. The lowest BCUT2D eigenvalue weighted by molar-refractivity contribution is -0.125. The summed E-state index contributed by atoms with van der Waals surface area (Å²) >= 11 is 1.11. The number of nitrogens with zero attached hydrogens (tertiary/aromatic N) is 2. The van der Waals surface area contributed by atoms with Gasteiger partial charge in [0.1, 0.15) is 5.25 Å². The molecule has 0 saturated carbocycles. The van der Waals surface area contributed by atoms with Crippen LogP contribution in [-0.2, 0) is 11.3 Å². The Morgan fingerprint density at radius 3 is 2.74 bits per heavy atom. The number of thioether (sulfide) groups is 1. The van der Waals surface area contributed by atoms with Crippen molar-refractivity contribution >= 4 is 33.8 Å². The zero-order valence-electron chi connectivity index (χ0n) is 15.8. The van der Waals surface area contributed by atoms with Gasteiger partial charge in [-0.25, -0.2) is 0 Å². The number of hydrogen-bond donors (Lipinski definition) is 0. The second-order valence-electron chi connectivity index (χ2n) is 7.56. The van der Waals surface area contributed by atoms with Crippen molar-refractivity contribution in [2.75, 3.05) is 7.05 Å². The fourth-order valence-corrected chi connectivity index (χ4v) is 5.05. The van der Waals surface area contributed by atoms with Crippen LogP contribution in [0.1, 0.15) is 37.0 Å². The van der Waals surface area contributed by atoms with Crippen molar-refractivity contribution in [2.45, 2.75) is 38.0 Å². The summed E-state index contributed by atoms with van der Waals surface area (Å²) in [6, 6.07) is 8.11. The van der Waals surface area contributed by atoms with E-state index in [1.54, 1.807) is 7.05 Å². The SMILES string of the molecule is C=C(C)[C@@H]1CC=C(Cn2ccc3c(C4SC(=O)N(C)C4=O)cccc32)CC1. The minimum atomic E-state index is -0.438. The summed E-state index contributed by atoms with van der Waals surface area (Å²) in [6.07, 6.45) is 7.81. The first-order valence-electron chi connectivity index (χ1n) is 9.35. The molecule has 1 aliphatic heterocycles. The van der Waals surface area contributed by atoms with Gasteiger partial charge in [0.05, 0.1) is 0 Å². The predicted molar refractivity (Wildman–Crippen MR) is 111 cm³/mol. The maximum atomic E-state index is 12.4. The van der Waals surface area contributed by atoms with Crippen LogP contribution in [-0.4, -0.2) is 27.7 Å². The molecule has 2 amide bonds. The molecule has 5 heteroatoms. The van der Waals surface area contributed by atoms with Gasteiger partial charge in [-0.05, 0) is 61.6 Å². The average molecular weight is 381 g/mol. The molecule has 2 aromatic rings. The number of carbonyl (C=O) groups excluding carboxylic acids is 2. The van der Waals surface area contributed by atoms with Gasteiger partial charge in [0.15, 0.2) is 0 Å². The minimum absolute atomic E-state index is 0.133. The van der Waals surface area contributed by atoms with Gasteiger partial charge in [-0.2, -0.15) is 0 Å². The topological polar surface area (TPSA) is 42.3 Å². The molecule has 1 saturated heterocycles. The fraction of sp³-hybridized carbons (Fsp3) is 0.364. The number of rotatable bonds is 4. The van der Waals surface area contributed by atoms with Crippen LogP contribution in [0.15, 0.2) is 54.3 Å². The van der Waals surface area contributed by atoms with Crippen molar-refractivity contribution in [3.8, 4) is 0 Å². The third-order valence-corrected chi connectivity index (χ3v) is 6.92. The van der Waals surface area contributed by atoms with Crippen LogP contribution in [0.3, 0.4) is 0 Å². The average Bonchev–Trinajstić information content (AvgIpc) is 3.18. The number of imide groups is 1. The molecular weight excluding hydrogens is 356 g/mol. The van der Waals surface area contributed by atoms with E-state index < -0.39 is 5.25 Å². The zero-order valence-corrected chi connectivity index (χ0v) is 16.6. The molecular formula is C22H24N2O2S. The second-order valence-corrected chi connectivity index (χ2v) is 8.62. The molecule has 0 bridgehead atoms. The molecule has 1 unspecified atom stereocenters. The van der Waals surface area contributed by atoms with Crippen LogP contribution in [0, 0.1) is 5.92 Å². The third-order valence-electron chi connectivity index (χ3n) is 5.75. The molecule has 0 spiro atoms. The Hall–Kier alpha value is -2.27. The highest BCUT2D eigenvalue weighted by Crippen LogP contribution is 2.41. The molecule has 2 atom stereocenters. The Bertz CT molecular complexity index is 972. The van der Waals surface area contributed by atoms with Crippen molar-refractivity contribution in [3.05, 3.63) is 59.8 Å². The Labute approximate surface area is 163 Å². The summed E-state index contributed by atoms with van der Waals surface area (Å²) in [4.78, 5) is 25.5. The molecule has 0 N–H and O–H groups in total. The van der Waals surface area contributed by atoms with Gasteiger partial charge < -0.3 is 4.57 Å². The molecule has 1 fully saturated rings. The van der Waals surface area contributed by atoms with Crippen LogP contribution < -0.4 is 0 Å². The van der Waals surface area contributed by atoms with Crippen LogP contribution in [0.5, 0.6) is 0 Å². The van der Waals surface area contributed by atoms with Crippen molar-refractivity contribution in [1.29, 1.82) is 0 Å². The predicted octanol–water partition coefficient (Wildman–Crippen LogP) is 5.31. The molecule has 2 heterocycles. The first kappa shape index (κ1) is 18.1. The van der Waals surface area contributed by atoms with Crippen molar-refractivity contribution in [2.24, 2.45) is 5.92 Å². The molecule has 1 aliphatic carbocycles. The van der Waals surface area contributed by atoms with E-state index in [9.17, 15) is 9.59 Å². The van der Waals surface area contributed by atoms with E-state index in [2.05, 4.69) is 42.5 Å². The van der Waals surface area contributed by atoms with E-state index in [1.165, 1.54) is 22.5 Å². The number of aromatic nitrogens is 1.